The molecule has 5 rings (SSSR count). The number of nitrogens with zero attached hydrogens (tertiary/aromatic N) is 5. The van der Waals surface area contributed by atoms with E-state index < -0.39 is 39.6 Å². The van der Waals surface area contributed by atoms with Crippen LogP contribution in [0.1, 0.15) is 43.0 Å². The molecule has 1 fully saturated rings. The number of rotatable bonds is 5. The van der Waals surface area contributed by atoms with E-state index in [2.05, 4.69) is 10.1 Å². The van der Waals surface area contributed by atoms with Crippen LogP contribution in [0.3, 0.4) is 0 Å². The third kappa shape index (κ3) is 4.88. The Balaban J connectivity index is 1.41. The lowest BCUT2D eigenvalue weighted by Gasteiger charge is -2.33. The Morgan fingerprint density at radius 1 is 1.24 bits per heavy atom. The highest BCUT2D eigenvalue weighted by atomic mass is 35.5. The van der Waals surface area contributed by atoms with Gasteiger partial charge in [0, 0.05) is 31.8 Å². The van der Waals surface area contributed by atoms with Crippen LogP contribution < -0.4 is 4.90 Å². The van der Waals surface area contributed by atoms with Gasteiger partial charge in [-0.05, 0) is 43.4 Å². The van der Waals surface area contributed by atoms with Crippen LogP contribution in [0.4, 0.5) is 24.5 Å². The van der Waals surface area contributed by atoms with Crippen LogP contribution in [-0.2, 0) is 21.1 Å². The fraction of sp³-hybridized carbons (Fsp3) is 0.458. The number of sulfone groups is 1. The van der Waals surface area contributed by atoms with E-state index in [4.69, 9.17) is 11.6 Å². The molecule has 2 aliphatic rings. The number of alkyl halides is 3. The van der Waals surface area contributed by atoms with Crippen LogP contribution in [0.15, 0.2) is 36.5 Å². The van der Waals surface area contributed by atoms with E-state index in [1.54, 1.807) is 28.9 Å². The van der Waals surface area contributed by atoms with Gasteiger partial charge in [-0.2, -0.15) is 18.3 Å². The quantitative estimate of drug-likeness (QED) is 0.461. The van der Waals surface area contributed by atoms with Gasteiger partial charge < -0.3 is 9.80 Å². The molecule has 2 atom stereocenters. The van der Waals surface area contributed by atoms with Crippen molar-refractivity contribution in [1.82, 2.24) is 19.5 Å². The first-order chi connectivity index (χ1) is 17.5. The molecule has 2 aliphatic heterocycles. The number of hydrogen-bond acceptors (Lipinski definition) is 6. The van der Waals surface area contributed by atoms with Gasteiger partial charge in [-0.15, -0.1) is 0 Å². The van der Waals surface area contributed by atoms with Gasteiger partial charge in [0.2, 0.25) is 5.91 Å². The molecule has 0 radical (unpaired) electrons. The molecule has 198 valence electrons. The summed E-state index contributed by atoms with van der Waals surface area (Å²) in [7, 11) is -2.38. The number of fused-ring (bicyclic) bond motifs is 3. The van der Waals surface area contributed by atoms with Gasteiger partial charge in [0.05, 0.1) is 28.6 Å². The number of carbonyl (C=O) groups excluding carboxylic acids is 1. The first-order valence-electron chi connectivity index (χ1n) is 11.9. The number of hydrogen-bond donors (Lipinski definition) is 0. The summed E-state index contributed by atoms with van der Waals surface area (Å²) in [5.74, 6) is -0.882. The van der Waals surface area contributed by atoms with Crippen molar-refractivity contribution in [1.29, 1.82) is 0 Å². The zero-order chi connectivity index (χ0) is 26.5. The second kappa shape index (κ2) is 9.46. The van der Waals surface area contributed by atoms with Crippen molar-refractivity contribution in [2.45, 2.75) is 49.6 Å². The van der Waals surface area contributed by atoms with E-state index in [-0.39, 0.29) is 17.7 Å². The summed E-state index contributed by atoms with van der Waals surface area (Å²) >= 11 is 6.04. The summed E-state index contributed by atoms with van der Waals surface area (Å²) in [6.07, 6.45) is -1.23. The molecule has 1 amide bonds. The average molecular weight is 556 g/mol. The smallest absolute Gasteiger partial charge is 0.339 e. The average Bonchev–Trinajstić information content (AvgIpc) is 3.38. The Morgan fingerprint density at radius 2 is 1.97 bits per heavy atom. The highest BCUT2D eigenvalue weighted by molar-refractivity contribution is 7.92. The number of anilines is 2. The summed E-state index contributed by atoms with van der Waals surface area (Å²) in [5.41, 5.74) is 2.89. The Bertz CT molecular complexity index is 1440. The van der Waals surface area contributed by atoms with Crippen LogP contribution in [-0.4, -0.2) is 64.6 Å². The van der Waals surface area contributed by atoms with Crippen molar-refractivity contribution in [2.75, 3.05) is 24.2 Å². The van der Waals surface area contributed by atoms with Gasteiger partial charge in [0.15, 0.2) is 26.7 Å². The molecule has 1 unspecified atom stereocenters. The molecular formula is C24H25ClF3N5O3S. The van der Waals surface area contributed by atoms with E-state index in [9.17, 15) is 26.4 Å². The minimum Gasteiger partial charge on any atom is -0.339 e. The van der Waals surface area contributed by atoms with Crippen molar-refractivity contribution >= 4 is 44.4 Å². The lowest BCUT2D eigenvalue weighted by molar-refractivity contribution is -0.188. The molecule has 0 aliphatic carbocycles. The monoisotopic (exact) mass is 555 g/mol. The molecular weight excluding hydrogens is 531 g/mol. The normalized spacial score (nSPS) is 20.1. The maximum Gasteiger partial charge on any atom is 0.413 e. The number of carbonyl (C=O) groups is 1. The number of aromatic nitrogens is 3. The fourth-order valence-electron chi connectivity index (χ4n) is 5.24. The third-order valence-electron chi connectivity index (χ3n) is 7.09. The Morgan fingerprint density at radius 3 is 2.62 bits per heavy atom. The second-order valence-electron chi connectivity index (χ2n) is 9.46. The first kappa shape index (κ1) is 25.8. The maximum atomic E-state index is 14.1. The van der Waals surface area contributed by atoms with Crippen LogP contribution in [0.5, 0.6) is 0 Å². The minimum atomic E-state index is -4.74. The van der Waals surface area contributed by atoms with E-state index in [0.717, 1.165) is 31.3 Å². The largest absolute Gasteiger partial charge is 0.413 e. The molecule has 13 heteroatoms. The number of halogens is 4. The predicted octanol–water partition coefficient (Wildman–Crippen LogP) is 4.50. The first-order valence-corrected chi connectivity index (χ1v) is 14.0. The second-order valence-corrected chi connectivity index (χ2v) is 12.2. The molecule has 8 nitrogen and oxygen atoms in total. The van der Waals surface area contributed by atoms with Crippen molar-refractivity contribution in [2.24, 2.45) is 0 Å². The predicted molar refractivity (Wildman–Crippen MR) is 133 cm³/mol. The molecule has 0 saturated carbocycles. The third-order valence-corrected chi connectivity index (χ3v) is 9.55. The number of aryl methyl sites for hydroxylation is 1. The Labute approximate surface area is 216 Å². The van der Waals surface area contributed by atoms with Gasteiger partial charge in [-0.3, -0.25) is 4.79 Å². The molecule has 1 saturated heterocycles. The SMILES string of the molecule is CN(C(=O)CC1CCCS1(=O)=O)[C@@H](c1ccc(N2CCCc3c2cnc2cc(Cl)nn32)cc1)C(F)(F)F. The molecule has 37 heavy (non-hydrogen) atoms. The number of amides is 1. The van der Waals surface area contributed by atoms with Crippen molar-refractivity contribution in [3.8, 4) is 0 Å². The topological polar surface area (TPSA) is 87.9 Å². The van der Waals surface area contributed by atoms with Gasteiger partial charge in [0.25, 0.3) is 0 Å². The van der Waals surface area contributed by atoms with Gasteiger partial charge in [-0.25, -0.2) is 17.9 Å². The summed E-state index contributed by atoms with van der Waals surface area (Å²) < 4.78 is 68.3. The molecule has 2 aromatic heterocycles. The van der Waals surface area contributed by atoms with Crippen molar-refractivity contribution < 1.29 is 26.4 Å². The number of benzene rings is 1. The lowest BCUT2D eigenvalue weighted by atomic mass is 10.0. The molecule has 0 N–H and O–H groups in total. The van der Waals surface area contributed by atoms with E-state index >= 15 is 0 Å². The van der Waals surface area contributed by atoms with Gasteiger partial charge in [-0.1, -0.05) is 23.7 Å². The standard InChI is InChI=1S/C24H25ClF3N5O3S/c1-31(22(34)12-17-4-3-11-37(17,35)36)23(24(26,27)28)15-6-8-16(9-7-15)32-10-2-5-18-19(32)14-29-21-13-20(25)30-33(18)21/h6-9,13-14,17,23H,2-5,10-12H2,1H3/t17?,23-/m0/s1. The highest BCUT2D eigenvalue weighted by Gasteiger charge is 2.46. The Hall–Kier alpha value is -2.86. The van der Waals surface area contributed by atoms with E-state index in [1.807, 2.05) is 4.90 Å². The molecule has 1 aromatic carbocycles. The van der Waals surface area contributed by atoms with Gasteiger partial charge >= 0.3 is 6.18 Å². The summed E-state index contributed by atoms with van der Waals surface area (Å²) in [6.45, 7) is 0.644. The van der Waals surface area contributed by atoms with Crippen LogP contribution in [0, 0.1) is 0 Å². The molecule has 0 bridgehead atoms. The summed E-state index contributed by atoms with van der Waals surface area (Å²) in [6, 6.07) is 5.35. The van der Waals surface area contributed by atoms with Crippen molar-refractivity contribution in [3.05, 3.63) is 52.9 Å². The van der Waals surface area contributed by atoms with Crippen LogP contribution >= 0.6 is 11.6 Å². The zero-order valence-corrected chi connectivity index (χ0v) is 21.5. The van der Waals surface area contributed by atoms with Crippen LogP contribution in [0.2, 0.25) is 5.15 Å². The maximum absolute atomic E-state index is 14.1. The minimum absolute atomic E-state index is 0.0348. The Kier molecular flexibility index (Phi) is 6.59. The zero-order valence-electron chi connectivity index (χ0n) is 19.9. The van der Waals surface area contributed by atoms with E-state index in [1.165, 1.54) is 12.1 Å². The summed E-state index contributed by atoms with van der Waals surface area (Å²) in [5, 5.41) is 3.69. The molecule has 3 aromatic rings. The fourth-order valence-corrected chi connectivity index (χ4v) is 7.23. The van der Waals surface area contributed by atoms with Crippen LogP contribution in [0.25, 0.3) is 5.65 Å². The highest BCUT2D eigenvalue weighted by Crippen LogP contribution is 2.40. The summed E-state index contributed by atoms with van der Waals surface area (Å²) in [4.78, 5) is 19.7. The van der Waals surface area contributed by atoms with Gasteiger partial charge in [0.1, 0.15) is 0 Å². The molecule has 0 spiro atoms. The van der Waals surface area contributed by atoms with Crippen molar-refractivity contribution in [3.63, 3.8) is 0 Å². The lowest BCUT2D eigenvalue weighted by Crippen LogP contribution is -2.41. The molecule has 4 heterocycles. The van der Waals surface area contributed by atoms with E-state index in [0.29, 0.717) is 34.4 Å².